The SMILES string of the molecule is CC(C)=NNC(=O)CN(c1ccc(C)cc1)S(=O)(=O)c1ccccc1. The Morgan fingerprint density at radius 1 is 1.04 bits per heavy atom. The fourth-order valence-electron chi connectivity index (χ4n) is 2.09. The molecule has 25 heavy (non-hydrogen) atoms. The number of anilines is 1. The van der Waals surface area contributed by atoms with E-state index in [0.717, 1.165) is 9.87 Å². The van der Waals surface area contributed by atoms with Gasteiger partial charge in [-0.1, -0.05) is 35.9 Å². The number of sulfonamides is 1. The van der Waals surface area contributed by atoms with Gasteiger partial charge in [-0.3, -0.25) is 9.10 Å². The lowest BCUT2D eigenvalue weighted by molar-refractivity contribution is -0.119. The van der Waals surface area contributed by atoms with Crippen LogP contribution in [0, 0.1) is 6.92 Å². The van der Waals surface area contributed by atoms with Gasteiger partial charge in [0, 0.05) is 5.71 Å². The molecule has 0 atom stereocenters. The van der Waals surface area contributed by atoms with Crippen molar-refractivity contribution in [1.29, 1.82) is 0 Å². The van der Waals surface area contributed by atoms with Crippen LogP contribution in [0.4, 0.5) is 5.69 Å². The van der Waals surface area contributed by atoms with Crippen LogP contribution in [0.1, 0.15) is 19.4 Å². The second kappa shape index (κ2) is 7.94. The van der Waals surface area contributed by atoms with E-state index in [9.17, 15) is 13.2 Å². The fraction of sp³-hybridized carbons (Fsp3) is 0.222. The average Bonchev–Trinajstić information content (AvgIpc) is 2.59. The Morgan fingerprint density at radius 3 is 2.20 bits per heavy atom. The summed E-state index contributed by atoms with van der Waals surface area (Å²) in [4.78, 5) is 12.3. The first kappa shape index (κ1) is 18.7. The number of carbonyl (C=O) groups is 1. The summed E-state index contributed by atoms with van der Waals surface area (Å²) >= 11 is 0. The van der Waals surface area contributed by atoms with Gasteiger partial charge in [0.05, 0.1) is 10.6 Å². The largest absolute Gasteiger partial charge is 0.271 e. The summed E-state index contributed by atoms with van der Waals surface area (Å²) < 4.78 is 27.1. The van der Waals surface area contributed by atoms with Crippen molar-refractivity contribution < 1.29 is 13.2 Å². The predicted molar refractivity (Wildman–Crippen MR) is 99.1 cm³/mol. The molecule has 0 saturated carbocycles. The van der Waals surface area contributed by atoms with Crippen molar-refractivity contribution in [3.8, 4) is 0 Å². The normalized spacial score (nSPS) is 10.8. The van der Waals surface area contributed by atoms with Crippen LogP contribution >= 0.6 is 0 Å². The van der Waals surface area contributed by atoms with Crippen molar-refractivity contribution in [3.63, 3.8) is 0 Å². The van der Waals surface area contributed by atoms with Gasteiger partial charge in [0.1, 0.15) is 6.54 Å². The summed E-state index contributed by atoms with van der Waals surface area (Å²) in [7, 11) is -3.88. The molecule has 1 amide bonds. The average molecular weight is 359 g/mol. The van der Waals surface area contributed by atoms with Gasteiger partial charge in [-0.15, -0.1) is 0 Å². The second-order valence-electron chi connectivity index (χ2n) is 5.75. The molecule has 0 heterocycles. The highest BCUT2D eigenvalue weighted by atomic mass is 32.2. The molecule has 0 bridgehead atoms. The van der Waals surface area contributed by atoms with Crippen LogP contribution in [0.25, 0.3) is 0 Å². The smallest absolute Gasteiger partial charge is 0.264 e. The van der Waals surface area contributed by atoms with E-state index in [1.54, 1.807) is 56.3 Å². The van der Waals surface area contributed by atoms with E-state index in [2.05, 4.69) is 10.5 Å². The van der Waals surface area contributed by atoms with Gasteiger partial charge in [0.25, 0.3) is 15.9 Å². The third-order valence-electron chi connectivity index (χ3n) is 3.34. The van der Waals surface area contributed by atoms with E-state index >= 15 is 0 Å². The van der Waals surface area contributed by atoms with Gasteiger partial charge in [0.2, 0.25) is 0 Å². The zero-order chi connectivity index (χ0) is 18.4. The highest BCUT2D eigenvalue weighted by Gasteiger charge is 2.26. The van der Waals surface area contributed by atoms with Gasteiger partial charge in [-0.25, -0.2) is 13.8 Å². The van der Waals surface area contributed by atoms with Gasteiger partial charge in [0.15, 0.2) is 0 Å². The molecule has 0 aliphatic heterocycles. The minimum absolute atomic E-state index is 0.124. The number of nitrogens with zero attached hydrogens (tertiary/aromatic N) is 2. The van der Waals surface area contributed by atoms with Crippen LogP contribution in [0.5, 0.6) is 0 Å². The highest BCUT2D eigenvalue weighted by molar-refractivity contribution is 7.92. The van der Waals surface area contributed by atoms with Gasteiger partial charge in [-0.2, -0.15) is 5.10 Å². The summed E-state index contributed by atoms with van der Waals surface area (Å²) in [5, 5.41) is 3.84. The number of hydrogen-bond acceptors (Lipinski definition) is 4. The molecule has 2 aromatic carbocycles. The van der Waals surface area contributed by atoms with Crippen LogP contribution in [0.3, 0.4) is 0 Å². The molecular weight excluding hydrogens is 338 g/mol. The topological polar surface area (TPSA) is 78.8 Å². The van der Waals surface area contributed by atoms with Crippen molar-refractivity contribution in [3.05, 3.63) is 60.2 Å². The molecule has 2 aromatic rings. The second-order valence-corrected chi connectivity index (χ2v) is 7.62. The number of aryl methyl sites for hydroxylation is 1. The fourth-order valence-corrected chi connectivity index (χ4v) is 3.53. The molecule has 7 heteroatoms. The Morgan fingerprint density at radius 2 is 1.64 bits per heavy atom. The van der Waals surface area contributed by atoms with Gasteiger partial charge < -0.3 is 0 Å². The molecule has 0 saturated heterocycles. The molecule has 6 nitrogen and oxygen atoms in total. The number of hydrazone groups is 1. The lowest BCUT2D eigenvalue weighted by Gasteiger charge is -2.23. The zero-order valence-corrected chi connectivity index (χ0v) is 15.2. The molecule has 0 fully saturated rings. The molecule has 132 valence electrons. The van der Waals surface area contributed by atoms with E-state index in [1.165, 1.54) is 12.1 Å². The third-order valence-corrected chi connectivity index (χ3v) is 5.13. The number of nitrogens with one attached hydrogen (secondary N) is 1. The Kier molecular flexibility index (Phi) is 5.93. The van der Waals surface area contributed by atoms with E-state index in [1.807, 2.05) is 6.92 Å². The maximum atomic E-state index is 13.0. The predicted octanol–water partition coefficient (Wildman–Crippen LogP) is 2.70. The minimum atomic E-state index is -3.88. The van der Waals surface area contributed by atoms with Gasteiger partial charge >= 0.3 is 0 Å². The van der Waals surface area contributed by atoms with Crippen molar-refractivity contribution in [2.45, 2.75) is 25.7 Å². The lowest BCUT2D eigenvalue weighted by Crippen LogP contribution is -2.39. The molecule has 0 aliphatic carbocycles. The van der Waals surface area contributed by atoms with Gasteiger partial charge in [-0.05, 0) is 45.0 Å². The van der Waals surface area contributed by atoms with Crippen LogP contribution in [-0.4, -0.2) is 26.6 Å². The molecular formula is C18H21N3O3S. The Balaban J connectivity index is 2.40. The number of hydrogen-bond donors (Lipinski definition) is 1. The summed E-state index contributed by atoms with van der Waals surface area (Å²) in [6, 6.07) is 15.0. The lowest BCUT2D eigenvalue weighted by atomic mass is 10.2. The summed E-state index contributed by atoms with van der Waals surface area (Å²) in [6.07, 6.45) is 0. The van der Waals surface area contributed by atoms with Crippen LogP contribution in [-0.2, 0) is 14.8 Å². The summed E-state index contributed by atoms with van der Waals surface area (Å²) in [6.45, 7) is 5.01. The first-order chi connectivity index (χ1) is 11.8. The Labute approximate surface area is 148 Å². The Hall–Kier alpha value is -2.67. The molecule has 0 spiro atoms. The van der Waals surface area contributed by atoms with Crippen molar-refractivity contribution >= 4 is 27.3 Å². The van der Waals surface area contributed by atoms with Crippen LogP contribution < -0.4 is 9.73 Å². The molecule has 2 rings (SSSR count). The monoisotopic (exact) mass is 359 g/mol. The molecule has 1 N–H and O–H groups in total. The van der Waals surface area contributed by atoms with E-state index in [4.69, 9.17) is 0 Å². The number of rotatable bonds is 6. The summed E-state index contributed by atoms with van der Waals surface area (Å²) in [5.41, 5.74) is 4.44. The molecule has 0 unspecified atom stereocenters. The minimum Gasteiger partial charge on any atom is -0.271 e. The standard InChI is InChI=1S/C18H21N3O3S/c1-14(2)19-20-18(22)13-21(16-11-9-15(3)10-12-16)25(23,24)17-7-5-4-6-8-17/h4-12H,13H2,1-3H3,(H,20,22). The maximum absolute atomic E-state index is 13.0. The van der Waals surface area contributed by atoms with Crippen molar-refractivity contribution in [2.75, 3.05) is 10.8 Å². The molecule has 0 radical (unpaired) electrons. The first-order valence-electron chi connectivity index (χ1n) is 7.75. The van der Waals surface area contributed by atoms with Crippen molar-refractivity contribution in [1.82, 2.24) is 5.43 Å². The number of benzene rings is 2. The first-order valence-corrected chi connectivity index (χ1v) is 9.19. The quantitative estimate of drug-likeness (QED) is 0.636. The molecule has 0 aromatic heterocycles. The number of carbonyl (C=O) groups excluding carboxylic acids is 1. The van der Waals surface area contributed by atoms with E-state index in [-0.39, 0.29) is 11.4 Å². The third kappa shape index (κ3) is 4.90. The zero-order valence-electron chi connectivity index (χ0n) is 14.4. The Bertz CT molecular complexity index is 856. The highest BCUT2D eigenvalue weighted by Crippen LogP contribution is 2.23. The van der Waals surface area contributed by atoms with E-state index in [0.29, 0.717) is 11.4 Å². The van der Waals surface area contributed by atoms with Crippen molar-refractivity contribution in [2.24, 2.45) is 5.10 Å². The number of amides is 1. The summed E-state index contributed by atoms with van der Waals surface area (Å²) in [5.74, 6) is -0.513. The van der Waals surface area contributed by atoms with E-state index < -0.39 is 15.9 Å². The maximum Gasteiger partial charge on any atom is 0.264 e. The molecule has 0 aliphatic rings. The van der Waals surface area contributed by atoms with Crippen LogP contribution in [0.2, 0.25) is 0 Å². The van der Waals surface area contributed by atoms with Crippen LogP contribution in [0.15, 0.2) is 64.6 Å².